The third-order valence-corrected chi connectivity index (χ3v) is 5.75. The number of carbonyl (C=O) groups is 1. The summed E-state index contributed by atoms with van der Waals surface area (Å²) in [5.74, 6) is 5.71. The molecule has 0 amide bonds. The summed E-state index contributed by atoms with van der Waals surface area (Å²) >= 11 is 5.66. The molecule has 0 radical (unpaired) electrons. The average Bonchev–Trinajstić information content (AvgIpc) is 2.39. The molecule has 0 aliphatic carbocycles. The molecule has 2 nitrogen and oxygen atoms in total. The monoisotopic (exact) mass is 324 g/mol. The van der Waals surface area contributed by atoms with E-state index in [4.69, 9.17) is 5.11 Å². The number of hydrogen-bond acceptors (Lipinski definition) is 4. The Labute approximate surface area is 131 Å². The van der Waals surface area contributed by atoms with Gasteiger partial charge in [-0.05, 0) is 54.4 Å². The molecule has 0 heterocycles. The predicted molar refractivity (Wildman–Crippen MR) is 93.0 cm³/mol. The van der Waals surface area contributed by atoms with Crippen LogP contribution in [0.5, 0.6) is 0 Å². The van der Waals surface area contributed by atoms with Gasteiger partial charge in [0.25, 0.3) is 0 Å². The van der Waals surface area contributed by atoms with Crippen LogP contribution in [0.2, 0.25) is 0 Å². The molecule has 0 rings (SSSR count). The largest absolute Gasteiger partial charge is 0.481 e. The molecule has 0 aromatic carbocycles. The van der Waals surface area contributed by atoms with Gasteiger partial charge in [0, 0.05) is 0 Å². The van der Waals surface area contributed by atoms with Crippen LogP contribution >= 0.6 is 35.3 Å². The number of rotatable bonds is 15. The molecule has 0 fully saturated rings. The van der Waals surface area contributed by atoms with Gasteiger partial charge in [-0.15, -0.1) is 0 Å². The summed E-state index contributed by atoms with van der Waals surface area (Å²) in [6, 6.07) is 0. The molecule has 0 aromatic rings. The highest BCUT2D eigenvalue weighted by Crippen LogP contribution is 2.12. The second-order valence-electron chi connectivity index (χ2n) is 4.38. The quantitative estimate of drug-likeness (QED) is 0.444. The molecule has 19 heavy (non-hydrogen) atoms. The lowest BCUT2D eigenvalue weighted by molar-refractivity contribution is -0.133. The van der Waals surface area contributed by atoms with Crippen molar-refractivity contribution in [3.63, 3.8) is 0 Å². The van der Waals surface area contributed by atoms with Gasteiger partial charge in [0.1, 0.15) is 0 Å². The number of thioether (sulfide) groups is 3. The van der Waals surface area contributed by atoms with Crippen molar-refractivity contribution in [1.29, 1.82) is 0 Å². The molecule has 114 valence electrons. The molecular weight excluding hydrogens is 296 g/mol. The first-order chi connectivity index (χ1) is 9.27. The Hall–Kier alpha value is 0.520. The van der Waals surface area contributed by atoms with E-state index >= 15 is 0 Å². The van der Waals surface area contributed by atoms with Crippen molar-refractivity contribution in [2.45, 2.75) is 45.4 Å². The second kappa shape index (κ2) is 16.6. The van der Waals surface area contributed by atoms with E-state index in [1.807, 2.05) is 11.8 Å². The second-order valence-corrected chi connectivity index (χ2v) is 8.10. The maximum absolute atomic E-state index is 10.3. The van der Waals surface area contributed by atoms with Crippen LogP contribution in [0.25, 0.3) is 0 Å². The van der Waals surface area contributed by atoms with Crippen molar-refractivity contribution < 1.29 is 9.90 Å². The van der Waals surface area contributed by atoms with E-state index in [-0.39, 0.29) is 5.75 Å². The van der Waals surface area contributed by atoms with Crippen molar-refractivity contribution >= 4 is 41.3 Å². The Kier molecular flexibility index (Phi) is 17.0. The molecule has 1 N–H and O–H groups in total. The smallest absolute Gasteiger partial charge is 0.313 e. The summed E-state index contributed by atoms with van der Waals surface area (Å²) in [7, 11) is 0. The summed E-state index contributed by atoms with van der Waals surface area (Å²) in [4.78, 5) is 10.3. The fourth-order valence-corrected chi connectivity index (χ4v) is 4.02. The van der Waals surface area contributed by atoms with E-state index in [1.54, 1.807) is 0 Å². The summed E-state index contributed by atoms with van der Waals surface area (Å²) in [5.41, 5.74) is 0. The molecule has 0 spiro atoms. The summed E-state index contributed by atoms with van der Waals surface area (Å²) < 4.78 is 0. The highest BCUT2D eigenvalue weighted by molar-refractivity contribution is 8.00. The third-order valence-electron chi connectivity index (χ3n) is 2.58. The van der Waals surface area contributed by atoms with Crippen LogP contribution in [0.15, 0.2) is 0 Å². The average molecular weight is 325 g/mol. The molecular formula is C14H28O2S3. The molecule has 0 saturated carbocycles. The van der Waals surface area contributed by atoms with Crippen molar-refractivity contribution in [1.82, 2.24) is 0 Å². The number of carboxylic acid groups (broad SMARTS) is 1. The van der Waals surface area contributed by atoms with E-state index in [9.17, 15) is 4.79 Å². The van der Waals surface area contributed by atoms with Crippen LogP contribution in [-0.2, 0) is 4.79 Å². The van der Waals surface area contributed by atoms with Gasteiger partial charge in [0.2, 0.25) is 0 Å². The van der Waals surface area contributed by atoms with Gasteiger partial charge in [-0.3, -0.25) is 4.79 Å². The van der Waals surface area contributed by atoms with Crippen LogP contribution in [0.1, 0.15) is 45.4 Å². The lowest BCUT2D eigenvalue weighted by atomic mass is 10.3. The van der Waals surface area contributed by atoms with Crippen molar-refractivity contribution in [3.05, 3.63) is 0 Å². The molecule has 0 unspecified atom stereocenters. The van der Waals surface area contributed by atoms with Crippen molar-refractivity contribution in [3.8, 4) is 0 Å². The van der Waals surface area contributed by atoms with E-state index in [0.717, 1.165) is 12.2 Å². The van der Waals surface area contributed by atoms with Crippen LogP contribution in [0.4, 0.5) is 0 Å². The number of unbranched alkanes of at least 4 members (excludes halogenated alkanes) is 4. The summed E-state index contributed by atoms with van der Waals surface area (Å²) in [6.07, 6.45) is 7.80. The van der Waals surface area contributed by atoms with Crippen LogP contribution in [0.3, 0.4) is 0 Å². The Balaban J connectivity index is 2.93. The van der Waals surface area contributed by atoms with Gasteiger partial charge in [-0.25, -0.2) is 0 Å². The lowest BCUT2D eigenvalue weighted by Gasteiger charge is -2.02. The minimum absolute atomic E-state index is 0.255. The van der Waals surface area contributed by atoms with E-state index < -0.39 is 5.97 Å². The molecule has 0 saturated heterocycles. The highest BCUT2D eigenvalue weighted by Gasteiger charge is 1.97. The van der Waals surface area contributed by atoms with E-state index in [1.165, 1.54) is 66.9 Å². The summed E-state index contributed by atoms with van der Waals surface area (Å²) in [5, 5.41) is 8.48. The molecule has 0 bridgehead atoms. The first kappa shape index (κ1) is 19.5. The molecule has 0 aromatic heterocycles. The Morgan fingerprint density at radius 3 is 1.74 bits per heavy atom. The van der Waals surface area contributed by atoms with Gasteiger partial charge in [-0.2, -0.15) is 35.3 Å². The number of carboxylic acids is 1. The van der Waals surface area contributed by atoms with Crippen molar-refractivity contribution in [2.75, 3.05) is 34.5 Å². The lowest BCUT2D eigenvalue weighted by Crippen LogP contribution is -1.98. The van der Waals surface area contributed by atoms with Gasteiger partial charge >= 0.3 is 5.97 Å². The zero-order chi connectivity index (χ0) is 14.2. The zero-order valence-corrected chi connectivity index (χ0v) is 14.5. The minimum atomic E-state index is -0.696. The van der Waals surface area contributed by atoms with Crippen LogP contribution in [0, 0.1) is 0 Å². The van der Waals surface area contributed by atoms with Crippen LogP contribution < -0.4 is 0 Å². The van der Waals surface area contributed by atoms with E-state index in [2.05, 4.69) is 18.7 Å². The molecule has 0 aliphatic rings. The Morgan fingerprint density at radius 1 is 0.789 bits per heavy atom. The fraction of sp³-hybridized carbons (Fsp3) is 0.929. The minimum Gasteiger partial charge on any atom is -0.481 e. The number of hydrogen-bond donors (Lipinski definition) is 1. The topological polar surface area (TPSA) is 37.3 Å². The maximum Gasteiger partial charge on any atom is 0.313 e. The fourth-order valence-electron chi connectivity index (χ4n) is 1.58. The van der Waals surface area contributed by atoms with Gasteiger partial charge in [0.15, 0.2) is 0 Å². The maximum atomic E-state index is 10.3. The molecule has 0 aliphatic heterocycles. The number of aliphatic carboxylic acids is 1. The van der Waals surface area contributed by atoms with Gasteiger partial charge in [-0.1, -0.05) is 19.8 Å². The Bertz CT molecular complexity index is 201. The first-order valence-corrected chi connectivity index (χ1v) is 10.7. The third kappa shape index (κ3) is 18.5. The first-order valence-electron chi connectivity index (χ1n) is 7.22. The SMILES string of the molecule is CCSCCCCCSCCCCCSCC(=O)O. The highest BCUT2D eigenvalue weighted by atomic mass is 32.2. The molecule has 0 atom stereocenters. The van der Waals surface area contributed by atoms with Crippen LogP contribution in [-0.4, -0.2) is 45.6 Å². The van der Waals surface area contributed by atoms with Gasteiger partial charge < -0.3 is 5.11 Å². The molecule has 5 heteroatoms. The van der Waals surface area contributed by atoms with Crippen molar-refractivity contribution in [2.24, 2.45) is 0 Å². The Morgan fingerprint density at radius 2 is 1.26 bits per heavy atom. The normalized spacial score (nSPS) is 10.8. The van der Waals surface area contributed by atoms with E-state index in [0.29, 0.717) is 0 Å². The summed E-state index contributed by atoms with van der Waals surface area (Å²) in [6.45, 7) is 2.22. The standard InChI is InChI=1S/C14H28O2S3/c1-2-17-9-5-3-6-10-18-11-7-4-8-12-19-13-14(15)16/h2-13H2,1H3,(H,15,16). The van der Waals surface area contributed by atoms with Gasteiger partial charge in [0.05, 0.1) is 5.75 Å². The predicted octanol–water partition coefficient (Wildman–Crippen LogP) is 4.63. The zero-order valence-electron chi connectivity index (χ0n) is 12.1.